The van der Waals surface area contributed by atoms with E-state index in [-0.39, 0.29) is 18.6 Å². The largest absolute Gasteiger partial charge is 0.388 e. The van der Waals surface area contributed by atoms with Crippen molar-refractivity contribution in [3.05, 3.63) is 0 Å². The molecule has 1 aliphatic heterocycles. The zero-order valence-electron chi connectivity index (χ0n) is 11.2. The number of rotatable bonds is 6. The molecule has 0 aliphatic carbocycles. The Bertz CT molecular complexity index is 256. The third-order valence-electron chi connectivity index (χ3n) is 3.03. The molecule has 1 heterocycles. The van der Waals surface area contributed by atoms with Crippen molar-refractivity contribution in [2.75, 3.05) is 31.8 Å². The summed E-state index contributed by atoms with van der Waals surface area (Å²) in [6, 6.07) is -0.0128. The molecule has 1 saturated heterocycles. The SMILES string of the molecule is CSCC[C@](C)(O)CNC(=O)NC1CCOCC1. The minimum Gasteiger partial charge on any atom is -0.388 e. The fourth-order valence-electron chi connectivity index (χ4n) is 1.76. The van der Waals surface area contributed by atoms with Gasteiger partial charge < -0.3 is 20.5 Å². The molecule has 0 bridgehead atoms. The second-order valence-electron chi connectivity index (χ2n) is 4.95. The van der Waals surface area contributed by atoms with Crippen LogP contribution in [0.4, 0.5) is 4.79 Å². The van der Waals surface area contributed by atoms with Gasteiger partial charge in [0.05, 0.1) is 5.60 Å². The Kier molecular flexibility index (Phi) is 6.81. The molecule has 0 saturated carbocycles. The molecule has 5 nitrogen and oxygen atoms in total. The number of nitrogens with one attached hydrogen (secondary N) is 2. The normalized spacial score (nSPS) is 20.2. The van der Waals surface area contributed by atoms with Crippen LogP contribution in [0.3, 0.4) is 0 Å². The molecule has 1 rings (SSSR count). The molecule has 0 aromatic rings. The summed E-state index contributed by atoms with van der Waals surface area (Å²) in [7, 11) is 0. The van der Waals surface area contributed by atoms with E-state index in [9.17, 15) is 9.90 Å². The molecule has 1 fully saturated rings. The molecule has 0 aromatic heterocycles. The maximum atomic E-state index is 11.7. The number of carbonyl (C=O) groups is 1. The van der Waals surface area contributed by atoms with Gasteiger partial charge in [0.2, 0.25) is 0 Å². The van der Waals surface area contributed by atoms with Crippen LogP contribution in [0.5, 0.6) is 0 Å². The highest BCUT2D eigenvalue weighted by molar-refractivity contribution is 7.98. The summed E-state index contributed by atoms with van der Waals surface area (Å²) in [5, 5.41) is 15.7. The first-order valence-corrected chi connectivity index (χ1v) is 7.76. The van der Waals surface area contributed by atoms with Crippen LogP contribution in [0.2, 0.25) is 0 Å². The van der Waals surface area contributed by atoms with Crippen molar-refractivity contribution < 1.29 is 14.6 Å². The van der Waals surface area contributed by atoms with Crippen LogP contribution in [-0.4, -0.2) is 54.5 Å². The predicted octanol–water partition coefficient (Wildman–Crippen LogP) is 0.969. The van der Waals surface area contributed by atoms with E-state index in [1.54, 1.807) is 18.7 Å². The average molecular weight is 276 g/mol. The fourth-order valence-corrected chi connectivity index (χ4v) is 2.40. The molecule has 0 radical (unpaired) electrons. The van der Waals surface area contributed by atoms with Crippen molar-refractivity contribution in [1.29, 1.82) is 0 Å². The van der Waals surface area contributed by atoms with Gasteiger partial charge in [0.15, 0.2) is 0 Å². The number of carbonyl (C=O) groups excluding carboxylic acids is 1. The molecule has 6 heteroatoms. The Hall–Kier alpha value is -0.460. The standard InChI is InChI=1S/C12H24N2O3S/c1-12(16,5-8-18-2)9-13-11(15)14-10-3-6-17-7-4-10/h10,16H,3-9H2,1-2H3,(H2,13,14,15)/t12-/m0/s1. The molecule has 3 N–H and O–H groups in total. The molecular formula is C12H24N2O3S. The second kappa shape index (κ2) is 7.86. The van der Waals surface area contributed by atoms with E-state index in [1.807, 2.05) is 6.26 Å². The van der Waals surface area contributed by atoms with Gasteiger partial charge in [-0.05, 0) is 38.2 Å². The smallest absolute Gasteiger partial charge is 0.315 e. The van der Waals surface area contributed by atoms with E-state index in [0.29, 0.717) is 19.6 Å². The monoisotopic (exact) mass is 276 g/mol. The van der Waals surface area contributed by atoms with Gasteiger partial charge in [-0.1, -0.05) is 0 Å². The van der Waals surface area contributed by atoms with Crippen molar-refractivity contribution >= 4 is 17.8 Å². The Morgan fingerprint density at radius 3 is 2.78 bits per heavy atom. The van der Waals surface area contributed by atoms with Crippen LogP contribution < -0.4 is 10.6 Å². The number of ether oxygens (including phenoxy) is 1. The summed E-state index contributed by atoms with van der Waals surface area (Å²) >= 11 is 1.69. The van der Waals surface area contributed by atoms with Crippen LogP contribution >= 0.6 is 11.8 Å². The van der Waals surface area contributed by atoms with Crippen LogP contribution in [0, 0.1) is 0 Å². The molecule has 106 valence electrons. The Morgan fingerprint density at radius 1 is 1.50 bits per heavy atom. The number of amides is 2. The lowest BCUT2D eigenvalue weighted by atomic mass is 10.0. The number of hydrogen-bond acceptors (Lipinski definition) is 4. The van der Waals surface area contributed by atoms with Crippen molar-refractivity contribution in [3.63, 3.8) is 0 Å². The maximum Gasteiger partial charge on any atom is 0.315 e. The summed E-state index contributed by atoms with van der Waals surface area (Å²) in [4.78, 5) is 11.7. The third kappa shape index (κ3) is 6.47. The Morgan fingerprint density at radius 2 is 2.17 bits per heavy atom. The quantitative estimate of drug-likeness (QED) is 0.676. The van der Waals surface area contributed by atoms with Gasteiger partial charge in [0.1, 0.15) is 0 Å². The number of hydrogen-bond donors (Lipinski definition) is 3. The van der Waals surface area contributed by atoms with E-state index in [4.69, 9.17) is 4.74 Å². The summed E-state index contributed by atoms with van der Waals surface area (Å²) in [6.45, 7) is 3.44. The lowest BCUT2D eigenvalue weighted by molar-refractivity contribution is 0.0579. The van der Waals surface area contributed by atoms with Gasteiger partial charge >= 0.3 is 6.03 Å². The highest BCUT2D eigenvalue weighted by Gasteiger charge is 2.22. The van der Waals surface area contributed by atoms with E-state index in [1.165, 1.54) is 0 Å². The highest BCUT2D eigenvalue weighted by Crippen LogP contribution is 2.11. The minimum absolute atomic E-state index is 0.190. The first-order valence-electron chi connectivity index (χ1n) is 6.37. The van der Waals surface area contributed by atoms with Crippen LogP contribution in [0.15, 0.2) is 0 Å². The van der Waals surface area contributed by atoms with Gasteiger partial charge in [-0.15, -0.1) is 0 Å². The molecular weight excluding hydrogens is 252 g/mol. The van der Waals surface area contributed by atoms with Crippen molar-refractivity contribution in [1.82, 2.24) is 10.6 Å². The lowest BCUT2D eigenvalue weighted by Gasteiger charge is -2.26. The fraction of sp³-hybridized carbons (Fsp3) is 0.917. The summed E-state index contributed by atoms with van der Waals surface area (Å²) in [5.41, 5.74) is -0.837. The zero-order chi connectivity index (χ0) is 13.4. The third-order valence-corrected chi connectivity index (χ3v) is 3.64. The van der Waals surface area contributed by atoms with Gasteiger partial charge in [-0.25, -0.2) is 4.79 Å². The second-order valence-corrected chi connectivity index (χ2v) is 5.94. The summed E-state index contributed by atoms with van der Waals surface area (Å²) < 4.78 is 5.23. The number of thioether (sulfide) groups is 1. The van der Waals surface area contributed by atoms with Gasteiger partial charge in [0.25, 0.3) is 0 Å². The van der Waals surface area contributed by atoms with Gasteiger partial charge in [-0.3, -0.25) is 0 Å². The Balaban J connectivity index is 2.19. The van der Waals surface area contributed by atoms with Crippen LogP contribution in [0.25, 0.3) is 0 Å². The highest BCUT2D eigenvalue weighted by atomic mass is 32.2. The summed E-state index contributed by atoms with van der Waals surface area (Å²) in [6.07, 6.45) is 4.39. The van der Waals surface area contributed by atoms with Crippen LogP contribution in [0.1, 0.15) is 26.2 Å². The molecule has 1 aliphatic rings. The van der Waals surface area contributed by atoms with Crippen molar-refractivity contribution in [3.8, 4) is 0 Å². The predicted molar refractivity (Wildman–Crippen MR) is 74.0 cm³/mol. The van der Waals surface area contributed by atoms with E-state index in [2.05, 4.69) is 10.6 Å². The molecule has 2 amide bonds. The summed E-state index contributed by atoms with van der Waals surface area (Å²) in [5.74, 6) is 0.885. The zero-order valence-corrected chi connectivity index (χ0v) is 12.0. The lowest BCUT2D eigenvalue weighted by Crippen LogP contribution is -2.49. The maximum absolute atomic E-state index is 11.7. The van der Waals surface area contributed by atoms with Gasteiger partial charge in [-0.2, -0.15) is 11.8 Å². The minimum atomic E-state index is -0.837. The van der Waals surface area contributed by atoms with E-state index < -0.39 is 5.60 Å². The molecule has 18 heavy (non-hydrogen) atoms. The first-order chi connectivity index (χ1) is 8.53. The number of aliphatic hydroxyl groups is 1. The van der Waals surface area contributed by atoms with Crippen molar-refractivity contribution in [2.45, 2.75) is 37.8 Å². The van der Waals surface area contributed by atoms with E-state index >= 15 is 0 Å². The number of urea groups is 1. The van der Waals surface area contributed by atoms with E-state index in [0.717, 1.165) is 18.6 Å². The van der Waals surface area contributed by atoms with Crippen LogP contribution in [-0.2, 0) is 4.74 Å². The first kappa shape index (κ1) is 15.6. The molecule has 1 atom stereocenters. The molecule has 0 unspecified atom stereocenters. The molecule has 0 spiro atoms. The topological polar surface area (TPSA) is 70.6 Å². The molecule has 0 aromatic carbocycles. The average Bonchev–Trinajstić information content (AvgIpc) is 2.36. The van der Waals surface area contributed by atoms with Crippen molar-refractivity contribution in [2.24, 2.45) is 0 Å². The van der Waals surface area contributed by atoms with Gasteiger partial charge in [0, 0.05) is 25.8 Å². The Labute approximate surface area is 113 Å².